The normalized spacial score (nSPS) is 20.5. The van der Waals surface area contributed by atoms with Crippen LogP contribution >= 0.6 is 11.8 Å². The van der Waals surface area contributed by atoms with Crippen LogP contribution in [-0.2, 0) is 6.54 Å². The number of aromatic nitrogens is 2. The van der Waals surface area contributed by atoms with E-state index in [9.17, 15) is 0 Å². The molecule has 1 aliphatic heterocycles. The van der Waals surface area contributed by atoms with E-state index in [1.807, 2.05) is 24.8 Å². The van der Waals surface area contributed by atoms with Gasteiger partial charge in [-0.05, 0) is 20.3 Å². The number of rotatable bonds is 5. The standard InChI is InChI=1S/C14H24N4S/c1-4-5-15-13-8-11(2)16-14(17-13)9-18-6-7-19-10-12(18)3/h8,12H,4-7,9-10H2,1-3H3,(H,15,16,17). The summed E-state index contributed by atoms with van der Waals surface area (Å²) in [6, 6.07) is 2.64. The van der Waals surface area contributed by atoms with Crippen molar-refractivity contribution < 1.29 is 0 Å². The molecule has 2 heterocycles. The number of thioether (sulfide) groups is 1. The lowest BCUT2D eigenvalue weighted by molar-refractivity contribution is 0.218. The second-order valence-corrected chi connectivity index (χ2v) is 6.28. The van der Waals surface area contributed by atoms with Crippen molar-refractivity contribution in [3.63, 3.8) is 0 Å². The molecule has 1 N–H and O–H groups in total. The quantitative estimate of drug-likeness (QED) is 0.897. The molecule has 1 unspecified atom stereocenters. The van der Waals surface area contributed by atoms with E-state index in [2.05, 4.69) is 34.0 Å². The van der Waals surface area contributed by atoms with Crippen LogP contribution in [0, 0.1) is 6.92 Å². The van der Waals surface area contributed by atoms with E-state index in [4.69, 9.17) is 0 Å². The van der Waals surface area contributed by atoms with E-state index in [0.29, 0.717) is 6.04 Å². The van der Waals surface area contributed by atoms with Gasteiger partial charge in [0.1, 0.15) is 11.6 Å². The van der Waals surface area contributed by atoms with Gasteiger partial charge in [-0.2, -0.15) is 11.8 Å². The zero-order valence-electron chi connectivity index (χ0n) is 12.1. The van der Waals surface area contributed by atoms with Gasteiger partial charge in [0.05, 0.1) is 6.54 Å². The van der Waals surface area contributed by atoms with Crippen molar-refractivity contribution in [1.29, 1.82) is 0 Å². The van der Waals surface area contributed by atoms with Crippen LogP contribution < -0.4 is 5.32 Å². The molecule has 5 heteroatoms. The van der Waals surface area contributed by atoms with Crippen molar-refractivity contribution >= 4 is 17.6 Å². The number of hydrogen-bond acceptors (Lipinski definition) is 5. The minimum atomic E-state index is 0.620. The fourth-order valence-electron chi connectivity index (χ4n) is 2.22. The van der Waals surface area contributed by atoms with Crippen LogP contribution in [0.4, 0.5) is 5.82 Å². The fraction of sp³-hybridized carbons (Fsp3) is 0.714. The highest BCUT2D eigenvalue weighted by atomic mass is 32.2. The van der Waals surface area contributed by atoms with Crippen molar-refractivity contribution in [1.82, 2.24) is 14.9 Å². The number of aryl methyl sites for hydroxylation is 1. The van der Waals surface area contributed by atoms with Gasteiger partial charge in [0.2, 0.25) is 0 Å². The van der Waals surface area contributed by atoms with Gasteiger partial charge in [-0.15, -0.1) is 0 Å². The summed E-state index contributed by atoms with van der Waals surface area (Å²) < 4.78 is 0. The molecule has 106 valence electrons. The van der Waals surface area contributed by atoms with Gasteiger partial charge in [-0.3, -0.25) is 4.90 Å². The summed E-state index contributed by atoms with van der Waals surface area (Å²) in [5, 5.41) is 3.35. The Balaban J connectivity index is 2.04. The third-order valence-electron chi connectivity index (χ3n) is 3.31. The first-order valence-corrected chi connectivity index (χ1v) is 8.24. The predicted molar refractivity (Wildman–Crippen MR) is 82.7 cm³/mol. The lowest BCUT2D eigenvalue weighted by Gasteiger charge is -2.32. The Morgan fingerprint density at radius 3 is 3.05 bits per heavy atom. The van der Waals surface area contributed by atoms with E-state index < -0.39 is 0 Å². The molecule has 19 heavy (non-hydrogen) atoms. The van der Waals surface area contributed by atoms with E-state index >= 15 is 0 Å². The molecular weight excluding hydrogens is 256 g/mol. The minimum absolute atomic E-state index is 0.620. The fourth-order valence-corrected chi connectivity index (χ4v) is 3.30. The molecule has 4 nitrogen and oxygen atoms in total. The van der Waals surface area contributed by atoms with Crippen LogP contribution in [0.25, 0.3) is 0 Å². The predicted octanol–water partition coefficient (Wildman–Crippen LogP) is 2.54. The molecule has 0 aliphatic carbocycles. The summed E-state index contributed by atoms with van der Waals surface area (Å²) in [5.74, 6) is 4.34. The van der Waals surface area contributed by atoms with Crippen molar-refractivity contribution in [2.45, 2.75) is 39.8 Å². The summed E-state index contributed by atoms with van der Waals surface area (Å²) in [7, 11) is 0. The highest BCUT2D eigenvalue weighted by Gasteiger charge is 2.19. The molecule has 0 bridgehead atoms. The van der Waals surface area contributed by atoms with Crippen LogP contribution in [0.1, 0.15) is 31.8 Å². The van der Waals surface area contributed by atoms with Crippen molar-refractivity contribution in [2.75, 3.05) is 29.9 Å². The average Bonchev–Trinajstić information content (AvgIpc) is 2.38. The third-order valence-corrected chi connectivity index (χ3v) is 4.50. The van der Waals surface area contributed by atoms with Crippen LogP contribution in [0.15, 0.2) is 6.07 Å². The maximum absolute atomic E-state index is 4.63. The zero-order chi connectivity index (χ0) is 13.7. The first-order valence-electron chi connectivity index (χ1n) is 7.09. The van der Waals surface area contributed by atoms with Crippen molar-refractivity contribution in [2.24, 2.45) is 0 Å². The highest BCUT2D eigenvalue weighted by molar-refractivity contribution is 7.99. The molecule has 1 aromatic rings. The molecule has 0 amide bonds. The van der Waals surface area contributed by atoms with Crippen LogP contribution in [0.5, 0.6) is 0 Å². The van der Waals surface area contributed by atoms with E-state index in [0.717, 1.165) is 43.4 Å². The molecule has 1 aromatic heterocycles. The van der Waals surface area contributed by atoms with Gasteiger partial charge < -0.3 is 5.32 Å². The molecule has 1 aliphatic rings. The lowest BCUT2D eigenvalue weighted by Crippen LogP contribution is -2.40. The van der Waals surface area contributed by atoms with E-state index in [1.165, 1.54) is 11.5 Å². The van der Waals surface area contributed by atoms with Crippen LogP contribution in [0.3, 0.4) is 0 Å². The number of nitrogens with one attached hydrogen (secondary N) is 1. The number of hydrogen-bond donors (Lipinski definition) is 1. The summed E-state index contributed by atoms with van der Waals surface area (Å²) >= 11 is 2.04. The minimum Gasteiger partial charge on any atom is -0.370 e. The molecule has 0 aromatic carbocycles. The first-order chi connectivity index (χ1) is 9.19. The summed E-state index contributed by atoms with van der Waals surface area (Å²) in [6.45, 7) is 9.46. The van der Waals surface area contributed by atoms with Crippen molar-refractivity contribution in [3.05, 3.63) is 17.6 Å². The largest absolute Gasteiger partial charge is 0.370 e. The van der Waals surface area contributed by atoms with Gasteiger partial charge in [0, 0.05) is 42.4 Å². The number of anilines is 1. The maximum atomic E-state index is 4.63. The summed E-state index contributed by atoms with van der Waals surface area (Å²) in [5.41, 5.74) is 1.04. The Kier molecular flexibility index (Phi) is 5.45. The number of nitrogens with zero attached hydrogens (tertiary/aromatic N) is 3. The average molecular weight is 280 g/mol. The molecule has 0 spiro atoms. The highest BCUT2D eigenvalue weighted by Crippen LogP contribution is 2.18. The molecule has 1 atom stereocenters. The Labute approximate surface area is 120 Å². The van der Waals surface area contributed by atoms with E-state index in [1.54, 1.807) is 0 Å². The van der Waals surface area contributed by atoms with Crippen molar-refractivity contribution in [3.8, 4) is 0 Å². The molecule has 0 saturated carbocycles. The first kappa shape index (κ1) is 14.6. The molecule has 1 fully saturated rings. The second-order valence-electron chi connectivity index (χ2n) is 5.13. The Bertz CT molecular complexity index is 410. The Hall–Kier alpha value is -0.810. The van der Waals surface area contributed by atoms with Gasteiger partial charge in [-0.1, -0.05) is 6.92 Å². The smallest absolute Gasteiger partial charge is 0.144 e. The Morgan fingerprint density at radius 2 is 2.32 bits per heavy atom. The monoisotopic (exact) mass is 280 g/mol. The second kappa shape index (κ2) is 7.10. The van der Waals surface area contributed by atoms with Gasteiger partial charge >= 0.3 is 0 Å². The topological polar surface area (TPSA) is 41.1 Å². The lowest BCUT2D eigenvalue weighted by atomic mass is 10.3. The summed E-state index contributed by atoms with van der Waals surface area (Å²) in [6.07, 6.45) is 1.11. The summed E-state index contributed by atoms with van der Waals surface area (Å²) in [4.78, 5) is 11.7. The zero-order valence-corrected chi connectivity index (χ0v) is 13.0. The SMILES string of the molecule is CCCNc1cc(C)nc(CN2CCSCC2C)n1. The van der Waals surface area contributed by atoms with Gasteiger partial charge in [-0.25, -0.2) is 9.97 Å². The molecular formula is C14H24N4S. The van der Waals surface area contributed by atoms with Crippen LogP contribution in [-0.4, -0.2) is 45.5 Å². The molecule has 2 rings (SSSR count). The van der Waals surface area contributed by atoms with Gasteiger partial charge in [0.15, 0.2) is 0 Å². The third kappa shape index (κ3) is 4.35. The molecule has 0 radical (unpaired) electrons. The maximum Gasteiger partial charge on any atom is 0.144 e. The van der Waals surface area contributed by atoms with Gasteiger partial charge in [0.25, 0.3) is 0 Å². The van der Waals surface area contributed by atoms with Crippen LogP contribution in [0.2, 0.25) is 0 Å². The molecule has 1 saturated heterocycles. The van der Waals surface area contributed by atoms with E-state index in [-0.39, 0.29) is 0 Å². The Morgan fingerprint density at radius 1 is 1.47 bits per heavy atom.